The molecule has 1 N–H and O–H groups in total. The fraction of sp³-hybridized carbons (Fsp3) is 0.667. The van der Waals surface area contributed by atoms with Crippen molar-refractivity contribution in [3.63, 3.8) is 0 Å². The van der Waals surface area contributed by atoms with Crippen molar-refractivity contribution in [1.82, 2.24) is 9.78 Å². The van der Waals surface area contributed by atoms with Crippen LogP contribution in [0.25, 0.3) is 0 Å². The zero-order valence-corrected chi connectivity index (χ0v) is 11.7. The van der Waals surface area contributed by atoms with Crippen molar-refractivity contribution < 1.29 is 0 Å². The van der Waals surface area contributed by atoms with E-state index >= 15 is 0 Å². The Balaban J connectivity index is 2.08. The molecule has 94 valence electrons. The third-order valence-corrected chi connectivity index (χ3v) is 3.73. The highest BCUT2D eigenvalue weighted by atomic mass is 79.9. The monoisotopic (exact) mass is 299 g/mol. The van der Waals surface area contributed by atoms with Gasteiger partial charge < -0.3 is 5.32 Å². The molecule has 0 aliphatic heterocycles. The van der Waals surface area contributed by atoms with Crippen LogP contribution in [0.1, 0.15) is 32.6 Å². The molecule has 1 aromatic rings. The topological polar surface area (TPSA) is 46.9 Å². The van der Waals surface area contributed by atoms with E-state index in [1.807, 2.05) is 0 Å². The van der Waals surface area contributed by atoms with E-state index in [1.54, 1.807) is 10.9 Å². The van der Waals surface area contributed by atoms with Gasteiger partial charge in [-0.25, -0.2) is 4.68 Å². The van der Waals surface area contributed by atoms with Gasteiger partial charge in [0.1, 0.15) is 4.47 Å². The molecule has 0 unspecified atom stereocenters. The minimum atomic E-state index is -0.0293. The molecule has 1 aromatic heterocycles. The van der Waals surface area contributed by atoms with E-state index in [-0.39, 0.29) is 5.56 Å². The van der Waals surface area contributed by atoms with Gasteiger partial charge in [0.15, 0.2) is 0 Å². The Morgan fingerprint density at radius 2 is 2.35 bits per heavy atom. The van der Waals surface area contributed by atoms with E-state index in [0.717, 1.165) is 31.6 Å². The summed E-state index contributed by atoms with van der Waals surface area (Å²) >= 11 is 3.36. The van der Waals surface area contributed by atoms with E-state index in [4.69, 9.17) is 0 Å². The zero-order valence-electron chi connectivity index (χ0n) is 10.1. The number of halogens is 1. The second-order valence-electron chi connectivity index (χ2n) is 4.58. The van der Waals surface area contributed by atoms with Gasteiger partial charge in [-0.1, -0.05) is 13.3 Å². The maximum atomic E-state index is 12.0. The molecule has 4 nitrogen and oxygen atoms in total. The van der Waals surface area contributed by atoms with Crippen molar-refractivity contribution in [2.45, 2.75) is 39.2 Å². The number of hydrogen-bond acceptors (Lipinski definition) is 3. The minimum absolute atomic E-state index is 0.0293. The van der Waals surface area contributed by atoms with Gasteiger partial charge in [0, 0.05) is 13.1 Å². The number of aromatic nitrogens is 2. The van der Waals surface area contributed by atoms with Crippen molar-refractivity contribution in [3.8, 4) is 0 Å². The van der Waals surface area contributed by atoms with E-state index in [1.165, 1.54) is 12.8 Å². The third-order valence-electron chi connectivity index (χ3n) is 2.96. The number of hydrogen-bond donors (Lipinski definition) is 1. The molecule has 0 spiro atoms. The van der Waals surface area contributed by atoms with Crippen LogP contribution in [-0.4, -0.2) is 16.3 Å². The number of nitrogens with one attached hydrogen (secondary N) is 1. The van der Waals surface area contributed by atoms with Gasteiger partial charge in [-0.05, 0) is 41.1 Å². The van der Waals surface area contributed by atoms with Gasteiger partial charge >= 0.3 is 0 Å². The largest absolute Gasteiger partial charge is 0.383 e. The quantitative estimate of drug-likeness (QED) is 0.822. The summed E-state index contributed by atoms with van der Waals surface area (Å²) in [7, 11) is 0. The Morgan fingerprint density at radius 3 is 3.00 bits per heavy atom. The summed E-state index contributed by atoms with van der Waals surface area (Å²) in [6.45, 7) is 3.78. The van der Waals surface area contributed by atoms with Gasteiger partial charge in [0.25, 0.3) is 5.56 Å². The van der Waals surface area contributed by atoms with Gasteiger partial charge in [0.05, 0.1) is 11.9 Å². The standard InChI is InChI=1S/C12H18BrN3O/c1-2-3-6-14-10-7-15-16(8-9-4-5-9)12(17)11(10)13/h7,9,14H,2-6,8H2,1H3. The Hall–Kier alpha value is -0.840. The molecule has 1 heterocycles. The molecule has 2 rings (SSSR count). The Morgan fingerprint density at radius 1 is 1.59 bits per heavy atom. The van der Waals surface area contributed by atoms with E-state index < -0.39 is 0 Å². The van der Waals surface area contributed by atoms with Crippen LogP contribution in [0, 0.1) is 5.92 Å². The average molecular weight is 300 g/mol. The highest BCUT2D eigenvalue weighted by Gasteiger charge is 2.23. The summed E-state index contributed by atoms with van der Waals surface area (Å²) in [5, 5.41) is 7.44. The lowest BCUT2D eigenvalue weighted by atomic mass is 10.3. The lowest BCUT2D eigenvalue weighted by Gasteiger charge is -2.09. The number of rotatable bonds is 6. The fourth-order valence-corrected chi connectivity index (χ4v) is 2.11. The predicted molar refractivity (Wildman–Crippen MR) is 72.3 cm³/mol. The summed E-state index contributed by atoms with van der Waals surface area (Å²) in [6.07, 6.45) is 6.42. The van der Waals surface area contributed by atoms with Crippen molar-refractivity contribution >= 4 is 21.6 Å². The second-order valence-corrected chi connectivity index (χ2v) is 5.38. The van der Waals surface area contributed by atoms with Crippen LogP contribution in [0.4, 0.5) is 5.69 Å². The molecular weight excluding hydrogens is 282 g/mol. The first-order valence-electron chi connectivity index (χ1n) is 6.22. The summed E-state index contributed by atoms with van der Waals surface area (Å²) in [5.41, 5.74) is 0.772. The molecule has 1 aliphatic rings. The van der Waals surface area contributed by atoms with Crippen LogP contribution >= 0.6 is 15.9 Å². The van der Waals surface area contributed by atoms with Crippen molar-refractivity contribution in [2.75, 3.05) is 11.9 Å². The van der Waals surface area contributed by atoms with Crippen molar-refractivity contribution in [2.24, 2.45) is 5.92 Å². The molecule has 17 heavy (non-hydrogen) atoms. The SMILES string of the molecule is CCCCNc1cnn(CC2CC2)c(=O)c1Br. The maximum Gasteiger partial charge on any atom is 0.283 e. The van der Waals surface area contributed by atoms with Crippen LogP contribution in [0.3, 0.4) is 0 Å². The zero-order chi connectivity index (χ0) is 12.3. The molecule has 5 heteroatoms. The molecule has 0 bridgehead atoms. The van der Waals surface area contributed by atoms with Crippen molar-refractivity contribution in [1.29, 1.82) is 0 Å². The normalized spacial score (nSPS) is 14.9. The molecule has 1 aliphatic carbocycles. The van der Waals surface area contributed by atoms with Gasteiger partial charge in [-0.15, -0.1) is 0 Å². The van der Waals surface area contributed by atoms with E-state index in [0.29, 0.717) is 10.4 Å². The molecule has 0 atom stereocenters. The van der Waals surface area contributed by atoms with Gasteiger partial charge in [-0.3, -0.25) is 4.79 Å². The second kappa shape index (κ2) is 5.67. The first kappa shape index (κ1) is 12.6. The first-order valence-corrected chi connectivity index (χ1v) is 7.01. The molecule has 0 saturated heterocycles. The van der Waals surface area contributed by atoms with Crippen molar-refractivity contribution in [3.05, 3.63) is 21.0 Å². The highest BCUT2D eigenvalue weighted by Crippen LogP contribution is 2.30. The van der Waals surface area contributed by atoms with E-state index in [2.05, 4.69) is 33.3 Å². The summed E-state index contributed by atoms with van der Waals surface area (Å²) in [4.78, 5) is 12.0. The van der Waals surface area contributed by atoms with Crippen LogP contribution in [-0.2, 0) is 6.54 Å². The molecule has 0 aromatic carbocycles. The first-order chi connectivity index (χ1) is 8.22. The van der Waals surface area contributed by atoms with Crippen LogP contribution in [0.15, 0.2) is 15.5 Å². The highest BCUT2D eigenvalue weighted by molar-refractivity contribution is 9.10. The smallest absolute Gasteiger partial charge is 0.283 e. The Labute approximate surface area is 110 Å². The van der Waals surface area contributed by atoms with Crippen LogP contribution in [0.5, 0.6) is 0 Å². The van der Waals surface area contributed by atoms with Crippen LogP contribution in [0.2, 0.25) is 0 Å². The maximum absolute atomic E-state index is 12.0. The van der Waals surface area contributed by atoms with Gasteiger partial charge in [-0.2, -0.15) is 5.10 Å². The summed E-state index contributed by atoms with van der Waals surface area (Å²) in [6, 6.07) is 0. The summed E-state index contributed by atoms with van der Waals surface area (Å²) < 4.78 is 2.16. The average Bonchev–Trinajstić information content (AvgIpc) is 3.12. The molecular formula is C12H18BrN3O. The Kier molecular flexibility index (Phi) is 4.20. The minimum Gasteiger partial charge on any atom is -0.383 e. The lowest BCUT2D eigenvalue weighted by Crippen LogP contribution is -2.25. The van der Waals surface area contributed by atoms with Gasteiger partial charge in [0.2, 0.25) is 0 Å². The molecule has 1 fully saturated rings. The summed E-state index contributed by atoms with van der Waals surface area (Å²) in [5.74, 6) is 0.658. The Bertz CT molecular complexity index is 440. The van der Waals surface area contributed by atoms with Crippen LogP contribution < -0.4 is 10.9 Å². The third kappa shape index (κ3) is 3.31. The predicted octanol–water partition coefficient (Wildman–Crippen LogP) is 2.63. The fourth-order valence-electron chi connectivity index (χ4n) is 1.66. The lowest BCUT2D eigenvalue weighted by molar-refractivity contribution is 0.532. The van der Waals surface area contributed by atoms with E-state index in [9.17, 15) is 4.79 Å². The number of anilines is 1. The molecule has 0 amide bonds. The number of unbranched alkanes of at least 4 members (excludes halogenated alkanes) is 1. The number of nitrogens with zero attached hydrogens (tertiary/aromatic N) is 2. The molecule has 1 saturated carbocycles. The molecule has 0 radical (unpaired) electrons.